The van der Waals surface area contributed by atoms with Crippen LogP contribution in [0.25, 0.3) is 11.3 Å². The third kappa shape index (κ3) is 3.85. The van der Waals surface area contributed by atoms with Crippen LogP contribution >= 0.6 is 0 Å². The maximum absolute atomic E-state index is 13.9. The Kier molecular flexibility index (Phi) is 5.37. The number of halogens is 2. The van der Waals surface area contributed by atoms with Crippen molar-refractivity contribution in [3.05, 3.63) is 107 Å². The number of aliphatic hydroxyl groups is 1. The highest BCUT2D eigenvalue weighted by Gasteiger charge is 2.28. The summed E-state index contributed by atoms with van der Waals surface area (Å²) in [6.07, 6.45) is 3.02. The zero-order chi connectivity index (χ0) is 22.1. The minimum atomic E-state index is -0.846. The van der Waals surface area contributed by atoms with Gasteiger partial charge in [-0.2, -0.15) is 0 Å². The van der Waals surface area contributed by atoms with Crippen molar-refractivity contribution in [2.75, 3.05) is 11.9 Å². The van der Waals surface area contributed by atoms with E-state index in [0.29, 0.717) is 18.8 Å². The van der Waals surface area contributed by atoms with Crippen LogP contribution in [0.3, 0.4) is 0 Å². The monoisotopic (exact) mass is 429 g/mol. The van der Waals surface area contributed by atoms with Crippen molar-refractivity contribution in [1.82, 2.24) is 9.97 Å². The van der Waals surface area contributed by atoms with Crippen LogP contribution in [0.5, 0.6) is 0 Å². The molecule has 4 nitrogen and oxygen atoms in total. The van der Waals surface area contributed by atoms with E-state index in [1.54, 1.807) is 12.3 Å². The highest BCUT2D eigenvalue weighted by Crippen LogP contribution is 2.42. The standard InChI is InChI=1S/C26H21F2N3O/c27-23-10-7-17(14-24(23)28)22-13-18-15-29-26(30-19-8-5-16(6-9-19)11-12-32)31-25(18)21-4-2-1-3-20(21)22/h1-10,14-15,22,32H,11-13H2,(H,29,30,31). The van der Waals surface area contributed by atoms with E-state index >= 15 is 0 Å². The highest BCUT2D eigenvalue weighted by atomic mass is 19.2. The molecule has 0 spiro atoms. The molecule has 0 fully saturated rings. The lowest BCUT2D eigenvalue weighted by Crippen LogP contribution is -2.15. The van der Waals surface area contributed by atoms with Gasteiger partial charge in [-0.1, -0.05) is 42.5 Å². The number of hydrogen-bond acceptors (Lipinski definition) is 4. The van der Waals surface area contributed by atoms with E-state index in [4.69, 9.17) is 10.1 Å². The maximum atomic E-state index is 13.9. The third-order valence-electron chi connectivity index (χ3n) is 5.84. The quantitative estimate of drug-likeness (QED) is 0.447. The Hall–Kier alpha value is -3.64. The molecule has 1 aliphatic rings. The van der Waals surface area contributed by atoms with Crippen LogP contribution in [-0.4, -0.2) is 21.7 Å². The lowest BCUT2D eigenvalue weighted by Gasteiger charge is -2.27. The van der Waals surface area contributed by atoms with Crippen LogP contribution in [0.4, 0.5) is 20.4 Å². The molecule has 0 bridgehead atoms. The number of aromatic nitrogens is 2. The fourth-order valence-corrected chi connectivity index (χ4v) is 4.24. The molecular formula is C26H21F2N3O. The molecule has 1 atom stereocenters. The summed E-state index contributed by atoms with van der Waals surface area (Å²) in [6, 6.07) is 19.8. The number of fused-ring (bicyclic) bond motifs is 3. The molecule has 1 heterocycles. The van der Waals surface area contributed by atoms with E-state index in [1.165, 1.54) is 12.1 Å². The molecule has 0 saturated carbocycles. The van der Waals surface area contributed by atoms with Gasteiger partial charge >= 0.3 is 0 Å². The van der Waals surface area contributed by atoms with Gasteiger partial charge in [-0.3, -0.25) is 0 Å². The molecule has 3 aromatic carbocycles. The zero-order valence-corrected chi connectivity index (χ0v) is 17.2. The number of rotatable bonds is 5. The van der Waals surface area contributed by atoms with Crippen LogP contribution in [0.15, 0.2) is 72.9 Å². The van der Waals surface area contributed by atoms with Gasteiger partial charge in [-0.15, -0.1) is 0 Å². The summed E-state index contributed by atoms with van der Waals surface area (Å²) < 4.78 is 27.4. The summed E-state index contributed by atoms with van der Waals surface area (Å²) in [4.78, 5) is 9.25. The first kappa shape index (κ1) is 20.3. The third-order valence-corrected chi connectivity index (χ3v) is 5.84. The average Bonchev–Trinajstić information content (AvgIpc) is 2.82. The van der Waals surface area contributed by atoms with Crippen molar-refractivity contribution in [2.24, 2.45) is 0 Å². The summed E-state index contributed by atoms with van der Waals surface area (Å²) in [5.41, 5.74) is 6.44. The molecule has 1 unspecified atom stereocenters. The van der Waals surface area contributed by atoms with Gasteiger partial charge in [0.1, 0.15) is 0 Å². The number of nitrogens with zero attached hydrogens (tertiary/aromatic N) is 2. The van der Waals surface area contributed by atoms with E-state index in [0.717, 1.165) is 39.2 Å². The second-order valence-electron chi connectivity index (χ2n) is 7.88. The number of nitrogens with one attached hydrogen (secondary N) is 1. The smallest absolute Gasteiger partial charge is 0.227 e. The van der Waals surface area contributed by atoms with Crippen LogP contribution in [0.1, 0.15) is 28.2 Å². The van der Waals surface area contributed by atoms with Crippen molar-refractivity contribution in [1.29, 1.82) is 0 Å². The Morgan fingerprint density at radius 3 is 2.56 bits per heavy atom. The molecule has 1 aliphatic carbocycles. The van der Waals surface area contributed by atoms with Crippen LogP contribution in [-0.2, 0) is 12.8 Å². The lowest BCUT2D eigenvalue weighted by molar-refractivity contribution is 0.299. The first-order valence-corrected chi connectivity index (χ1v) is 10.5. The van der Waals surface area contributed by atoms with Crippen molar-refractivity contribution >= 4 is 11.6 Å². The summed E-state index contributed by atoms with van der Waals surface area (Å²) in [6.45, 7) is 0.117. The van der Waals surface area contributed by atoms with Gasteiger partial charge in [0.25, 0.3) is 0 Å². The summed E-state index contributed by atoms with van der Waals surface area (Å²) in [5.74, 6) is -1.30. The zero-order valence-electron chi connectivity index (χ0n) is 17.2. The molecule has 1 aromatic heterocycles. The SMILES string of the molecule is OCCc1ccc(Nc2ncc3c(n2)-c2ccccc2C(c2ccc(F)c(F)c2)C3)cc1. The van der Waals surface area contributed by atoms with Gasteiger partial charge in [0.2, 0.25) is 5.95 Å². The molecule has 0 amide bonds. The van der Waals surface area contributed by atoms with Gasteiger partial charge in [-0.05, 0) is 59.4 Å². The summed E-state index contributed by atoms with van der Waals surface area (Å²) >= 11 is 0. The van der Waals surface area contributed by atoms with E-state index in [9.17, 15) is 8.78 Å². The number of aliphatic hydroxyl groups excluding tert-OH is 1. The lowest BCUT2D eigenvalue weighted by atomic mass is 9.78. The molecule has 32 heavy (non-hydrogen) atoms. The Balaban J connectivity index is 1.48. The Morgan fingerprint density at radius 1 is 0.969 bits per heavy atom. The number of hydrogen-bond donors (Lipinski definition) is 2. The minimum absolute atomic E-state index is 0.102. The van der Waals surface area contributed by atoms with Gasteiger partial charge in [-0.25, -0.2) is 18.7 Å². The highest BCUT2D eigenvalue weighted by molar-refractivity contribution is 5.73. The fourth-order valence-electron chi connectivity index (χ4n) is 4.24. The molecule has 4 aromatic rings. The largest absolute Gasteiger partial charge is 0.396 e. The van der Waals surface area contributed by atoms with E-state index < -0.39 is 11.6 Å². The molecular weight excluding hydrogens is 408 g/mol. The number of anilines is 2. The summed E-state index contributed by atoms with van der Waals surface area (Å²) in [7, 11) is 0. The average molecular weight is 429 g/mol. The van der Waals surface area contributed by atoms with Gasteiger partial charge < -0.3 is 10.4 Å². The maximum Gasteiger partial charge on any atom is 0.227 e. The van der Waals surface area contributed by atoms with Crippen molar-refractivity contribution in [3.8, 4) is 11.3 Å². The van der Waals surface area contributed by atoms with Crippen LogP contribution in [0, 0.1) is 11.6 Å². The molecule has 0 aliphatic heterocycles. The van der Waals surface area contributed by atoms with Crippen LogP contribution in [0.2, 0.25) is 0 Å². The minimum Gasteiger partial charge on any atom is -0.396 e. The molecule has 5 rings (SSSR count). The molecule has 0 saturated heterocycles. The predicted octanol–water partition coefficient (Wildman–Crippen LogP) is 5.39. The Bertz CT molecular complexity index is 1270. The van der Waals surface area contributed by atoms with E-state index in [2.05, 4.69) is 10.3 Å². The van der Waals surface area contributed by atoms with Gasteiger partial charge in [0.05, 0.1) is 5.69 Å². The van der Waals surface area contributed by atoms with Gasteiger partial charge in [0.15, 0.2) is 11.6 Å². The Labute approximate surface area is 184 Å². The van der Waals surface area contributed by atoms with Crippen LogP contribution < -0.4 is 5.32 Å². The predicted molar refractivity (Wildman–Crippen MR) is 120 cm³/mol. The second kappa shape index (κ2) is 8.48. The van der Waals surface area contributed by atoms with E-state index in [-0.39, 0.29) is 12.5 Å². The normalized spacial score (nSPS) is 14.5. The first-order chi connectivity index (χ1) is 15.6. The topological polar surface area (TPSA) is 58.0 Å². The van der Waals surface area contributed by atoms with Crippen molar-refractivity contribution < 1.29 is 13.9 Å². The first-order valence-electron chi connectivity index (χ1n) is 10.5. The fraction of sp³-hybridized carbons (Fsp3) is 0.154. The van der Waals surface area contributed by atoms with Crippen molar-refractivity contribution in [3.63, 3.8) is 0 Å². The molecule has 0 radical (unpaired) electrons. The van der Waals surface area contributed by atoms with E-state index in [1.807, 2.05) is 48.5 Å². The molecule has 2 N–H and O–H groups in total. The molecule has 160 valence electrons. The molecule has 6 heteroatoms. The second-order valence-corrected chi connectivity index (χ2v) is 7.88. The summed E-state index contributed by atoms with van der Waals surface area (Å²) in [5, 5.41) is 12.3. The van der Waals surface area contributed by atoms with Gasteiger partial charge in [0, 0.05) is 30.0 Å². The Morgan fingerprint density at radius 2 is 1.78 bits per heavy atom. The number of benzene rings is 3. The van der Waals surface area contributed by atoms with Crippen molar-refractivity contribution in [2.45, 2.75) is 18.8 Å².